The van der Waals surface area contributed by atoms with Gasteiger partial charge >= 0.3 is 0 Å². The van der Waals surface area contributed by atoms with Crippen LogP contribution < -0.4 is 9.47 Å². The molecule has 0 aliphatic carbocycles. The number of benzene rings is 5. The molecule has 81 heavy (non-hydrogen) atoms. The van der Waals surface area contributed by atoms with E-state index in [1.807, 2.05) is 130 Å². The van der Waals surface area contributed by atoms with E-state index in [0.29, 0.717) is 18.6 Å². The van der Waals surface area contributed by atoms with E-state index in [-0.39, 0.29) is 38.7 Å². The smallest absolute Gasteiger partial charge is 0.269 e. The molecule has 6 aliphatic heterocycles. The first kappa shape index (κ1) is 57.3. The third kappa shape index (κ3) is 13.5. The van der Waals surface area contributed by atoms with Crippen molar-refractivity contribution in [1.82, 2.24) is 0 Å². The molecule has 0 spiro atoms. The minimum Gasteiger partial charge on any atom is -0.497 e. The van der Waals surface area contributed by atoms with Gasteiger partial charge in [-0.15, -0.1) is 0 Å². The van der Waals surface area contributed by atoms with Gasteiger partial charge in [-0.25, -0.2) is 0 Å². The van der Waals surface area contributed by atoms with Gasteiger partial charge in [0, 0.05) is 29.9 Å². The molecular weight excluding hydrogens is 1050 g/mol. The molecule has 6 fully saturated rings. The molecule has 3 unspecified atom stereocenters. The van der Waals surface area contributed by atoms with E-state index in [2.05, 4.69) is 0 Å². The van der Waals surface area contributed by atoms with Crippen LogP contribution in [0.15, 0.2) is 133 Å². The van der Waals surface area contributed by atoms with Crippen molar-refractivity contribution in [3.63, 3.8) is 0 Å². The number of hydrogen-bond acceptors (Lipinski definition) is 19. The van der Waals surface area contributed by atoms with E-state index in [9.17, 15) is 15.2 Å². The molecule has 11 rings (SSSR count). The van der Waals surface area contributed by atoms with Gasteiger partial charge in [-0.1, -0.05) is 97.1 Å². The number of aliphatic hydroxyl groups excluding tert-OH is 1. The molecule has 5 aromatic carbocycles. The van der Waals surface area contributed by atoms with Crippen molar-refractivity contribution < 1.29 is 85.8 Å². The Labute approximate surface area is 470 Å². The number of unbranched alkanes of at least 4 members (excludes halogenated alkanes) is 1. The fourth-order valence-corrected chi connectivity index (χ4v) is 11.2. The normalized spacial score (nSPS) is 33.4. The molecule has 5 aromatic rings. The van der Waals surface area contributed by atoms with Gasteiger partial charge in [0.25, 0.3) is 5.69 Å². The summed E-state index contributed by atoms with van der Waals surface area (Å²) >= 11 is 0. The second kappa shape index (κ2) is 26.0. The zero-order valence-electron chi connectivity index (χ0n) is 45.9. The molecule has 0 radical (unpaired) electrons. The van der Waals surface area contributed by atoms with E-state index in [4.69, 9.17) is 75.8 Å². The average molecular weight is 1120 g/mol. The summed E-state index contributed by atoms with van der Waals surface area (Å²) in [6.45, 7) is 6.36. The monoisotopic (exact) mass is 1120 g/mol. The molecule has 6 saturated heterocycles. The van der Waals surface area contributed by atoms with E-state index >= 15 is 0 Å². The molecule has 0 saturated carbocycles. The van der Waals surface area contributed by atoms with Crippen LogP contribution in [0.5, 0.6) is 11.5 Å². The predicted octanol–water partition coefficient (Wildman–Crippen LogP) is 8.20. The zero-order chi connectivity index (χ0) is 56.0. The number of aryl methyl sites for hydroxylation is 1. The van der Waals surface area contributed by atoms with Crippen molar-refractivity contribution in [2.45, 2.75) is 164 Å². The number of methoxy groups -OCH3 is 2. The Morgan fingerprint density at radius 3 is 1.64 bits per heavy atom. The Balaban J connectivity index is 0.843. The van der Waals surface area contributed by atoms with Gasteiger partial charge in [-0.2, -0.15) is 0 Å². The summed E-state index contributed by atoms with van der Waals surface area (Å²) in [5.41, 5.74) is 4.40. The lowest BCUT2D eigenvalue weighted by molar-refractivity contribution is -0.401. The Hall–Kier alpha value is -5.50. The average Bonchev–Trinajstić information content (AvgIpc) is 4.13. The number of hydrogen-bond donors (Lipinski definition) is 1. The lowest BCUT2D eigenvalue weighted by Crippen LogP contribution is -2.67. The fourth-order valence-electron chi connectivity index (χ4n) is 11.2. The van der Waals surface area contributed by atoms with Crippen molar-refractivity contribution >= 4 is 5.69 Å². The molecule has 20 heteroatoms. The van der Waals surface area contributed by atoms with Gasteiger partial charge in [-0.05, 0) is 81.0 Å². The molecule has 6 aliphatic rings. The van der Waals surface area contributed by atoms with Crippen molar-refractivity contribution in [2.75, 3.05) is 34.0 Å². The summed E-state index contributed by atoms with van der Waals surface area (Å²) in [7, 11) is 3.25. The summed E-state index contributed by atoms with van der Waals surface area (Å²) in [6.07, 6.45) is -13.1. The molecule has 0 bridgehead atoms. The van der Waals surface area contributed by atoms with Crippen molar-refractivity contribution in [2.24, 2.45) is 0 Å². The molecule has 0 amide bonds. The highest BCUT2D eigenvalue weighted by molar-refractivity contribution is 5.33. The highest BCUT2D eigenvalue weighted by atomic mass is 16.8. The number of aliphatic hydroxyl groups is 1. The quantitative estimate of drug-likeness (QED) is 0.0417. The van der Waals surface area contributed by atoms with Crippen molar-refractivity contribution in [3.8, 4) is 11.5 Å². The second-order valence-corrected chi connectivity index (χ2v) is 21.4. The third-order valence-corrected chi connectivity index (χ3v) is 15.4. The first-order valence-electron chi connectivity index (χ1n) is 27.7. The Morgan fingerprint density at radius 1 is 0.556 bits per heavy atom. The Morgan fingerprint density at radius 2 is 1.07 bits per heavy atom. The van der Waals surface area contributed by atoms with Gasteiger partial charge in [0.1, 0.15) is 78.6 Å². The first-order valence-corrected chi connectivity index (χ1v) is 27.7. The van der Waals surface area contributed by atoms with Crippen LogP contribution in [-0.4, -0.2) is 142 Å². The Bertz CT molecular complexity index is 2780. The highest BCUT2D eigenvalue weighted by Crippen LogP contribution is 2.45. The number of nitro benzene ring substituents is 1. The van der Waals surface area contributed by atoms with Crippen LogP contribution >= 0.6 is 0 Å². The summed E-state index contributed by atoms with van der Waals surface area (Å²) in [5.74, 6) is 0.287. The number of non-ortho nitro benzene ring substituents is 1. The maximum absolute atomic E-state index is 12.3. The van der Waals surface area contributed by atoms with Crippen LogP contribution in [0.1, 0.15) is 74.0 Å². The summed E-state index contributed by atoms with van der Waals surface area (Å²) in [6, 6.07) is 41.0. The van der Waals surface area contributed by atoms with Gasteiger partial charge in [0.15, 0.2) is 37.2 Å². The fraction of sp³-hybridized carbons (Fsp3) is 0.508. The van der Waals surface area contributed by atoms with Gasteiger partial charge < -0.3 is 80.9 Å². The molecule has 1 N–H and O–H groups in total. The van der Waals surface area contributed by atoms with Gasteiger partial charge in [0.2, 0.25) is 0 Å². The predicted molar refractivity (Wildman–Crippen MR) is 286 cm³/mol. The summed E-state index contributed by atoms with van der Waals surface area (Å²) in [4.78, 5) is 10.7. The van der Waals surface area contributed by atoms with E-state index < -0.39 is 115 Å². The van der Waals surface area contributed by atoms with E-state index in [0.717, 1.165) is 40.0 Å². The number of nitrogens with zero attached hydrogens (tertiary/aromatic N) is 1. The molecule has 0 aromatic heterocycles. The maximum Gasteiger partial charge on any atom is 0.269 e. The topological polar surface area (TPSA) is 211 Å². The molecule has 17 atom stereocenters. The van der Waals surface area contributed by atoms with E-state index in [1.54, 1.807) is 26.4 Å². The van der Waals surface area contributed by atoms with Crippen LogP contribution in [0.3, 0.4) is 0 Å². The minimum absolute atomic E-state index is 0.0388. The second-order valence-electron chi connectivity index (χ2n) is 21.4. The Kier molecular flexibility index (Phi) is 18.4. The largest absolute Gasteiger partial charge is 0.497 e. The van der Waals surface area contributed by atoms with Crippen LogP contribution in [0.4, 0.5) is 5.69 Å². The number of ether oxygens (including phenoxy) is 16. The molecule has 20 nitrogen and oxygen atoms in total. The standard InChI is InChI=1S/C61H71NO19/c1-36-48(76-59-54(70-33-39-23-29-44(67-5)30-24-39)52(69-32-38-21-27-43(66-4)28-22-38)50-46(75-59)35-72-57(78-50)41-17-10-7-11-18-41)53-55(81-61(2,3)80-53)60(73-36)79-51-47(63)58(68-31-13-12-14-37-19-25-42(26-20-37)62(64)65)74-45-34-71-56(77-49(45)51)40-15-8-6-9-16-40/h6-11,15-30,36,45-60,63H,12-14,31-35H2,1-5H3/t36-,45+,46+,47+,48-,49-,50+,51+,52-,53+,54-,55+,56?,57?,58+,59?,60-/m0/s1. The lowest BCUT2D eigenvalue weighted by Gasteiger charge is -2.51. The third-order valence-electron chi connectivity index (χ3n) is 15.4. The van der Waals surface area contributed by atoms with Crippen LogP contribution in [-0.2, 0) is 86.0 Å². The van der Waals surface area contributed by atoms with Gasteiger partial charge in [0.05, 0.1) is 51.7 Å². The summed E-state index contributed by atoms with van der Waals surface area (Å²) < 4.78 is 105. The minimum atomic E-state index is -1.36. The summed E-state index contributed by atoms with van der Waals surface area (Å²) in [5, 5.41) is 23.5. The SMILES string of the molecule is COc1ccc(CO[C@H]2[C@@H]3OC(c4ccccc4)OC[C@H]3OC(O[C@@H]3[C@H]4OC(C)(C)O[C@H]4[C@H](O[C@@H]4[C@@H](O)[C@H](OCCCCc5ccc([N+](=O)[O-])cc5)O[C@@H]5COC(c6ccccc6)O[C@H]45)O[C@H]3C)[C@H]2OCc2ccc(OC)cc2)cc1. The van der Waals surface area contributed by atoms with E-state index in [1.165, 1.54) is 12.1 Å². The molecule has 434 valence electrons. The molecular formula is C61H71NO19. The maximum atomic E-state index is 12.3. The number of fused-ring (bicyclic) bond motifs is 3. The van der Waals surface area contributed by atoms with Gasteiger partial charge in [-0.3, -0.25) is 10.1 Å². The van der Waals surface area contributed by atoms with Crippen LogP contribution in [0.25, 0.3) is 0 Å². The van der Waals surface area contributed by atoms with Crippen molar-refractivity contribution in [3.05, 3.63) is 171 Å². The van der Waals surface area contributed by atoms with Crippen LogP contribution in [0, 0.1) is 10.1 Å². The first-order chi connectivity index (χ1) is 39.4. The zero-order valence-corrected chi connectivity index (χ0v) is 45.9. The number of nitro groups is 1. The van der Waals surface area contributed by atoms with Crippen molar-refractivity contribution in [1.29, 1.82) is 0 Å². The lowest BCUT2D eigenvalue weighted by atomic mass is 9.95. The number of rotatable bonds is 21. The molecule has 6 heterocycles. The highest BCUT2D eigenvalue weighted by Gasteiger charge is 2.61. The van der Waals surface area contributed by atoms with Crippen LogP contribution in [0.2, 0.25) is 0 Å².